The lowest BCUT2D eigenvalue weighted by Gasteiger charge is -2.34. The SMILES string of the molecule is N#Cc1ccc(N2CCCC(OCCO)C2)c(F)c1. The molecule has 1 aromatic rings. The van der Waals surface area contributed by atoms with E-state index in [1.165, 1.54) is 6.07 Å². The van der Waals surface area contributed by atoms with Gasteiger partial charge in [0.15, 0.2) is 0 Å². The Morgan fingerprint density at radius 3 is 3.05 bits per heavy atom. The van der Waals surface area contributed by atoms with Crippen molar-refractivity contribution in [2.45, 2.75) is 18.9 Å². The molecule has 2 rings (SSSR count). The highest BCUT2D eigenvalue weighted by Crippen LogP contribution is 2.25. The Bertz CT molecular complexity index is 473. The van der Waals surface area contributed by atoms with Crippen molar-refractivity contribution in [1.82, 2.24) is 0 Å². The summed E-state index contributed by atoms with van der Waals surface area (Å²) in [6.45, 7) is 1.71. The fourth-order valence-electron chi connectivity index (χ4n) is 2.35. The minimum atomic E-state index is -0.373. The molecule has 0 aromatic heterocycles. The van der Waals surface area contributed by atoms with Crippen molar-refractivity contribution in [2.75, 3.05) is 31.2 Å². The molecule has 1 aromatic carbocycles. The zero-order valence-electron chi connectivity index (χ0n) is 10.7. The molecule has 4 nitrogen and oxygen atoms in total. The third kappa shape index (κ3) is 3.43. The fourth-order valence-corrected chi connectivity index (χ4v) is 2.35. The van der Waals surface area contributed by atoms with E-state index >= 15 is 0 Å². The molecule has 0 spiro atoms. The van der Waals surface area contributed by atoms with Gasteiger partial charge in [0.25, 0.3) is 0 Å². The first-order chi connectivity index (χ1) is 9.24. The van der Waals surface area contributed by atoms with Crippen molar-refractivity contribution in [3.63, 3.8) is 0 Å². The van der Waals surface area contributed by atoms with Crippen LogP contribution in [0.1, 0.15) is 18.4 Å². The maximum absolute atomic E-state index is 13.9. The number of aliphatic hydroxyl groups excluding tert-OH is 1. The van der Waals surface area contributed by atoms with E-state index in [1.807, 2.05) is 11.0 Å². The van der Waals surface area contributed by atoms with Gasteiger partial charge in [0.2, 0.25) is 0 Å². The first-order valence-corrected chi connectivity index (χ1v) is 6.41. The van der Waals surface area contributed by atoms with E-state index in [9.17, 15) is 4.39 Å². The lowest BCUT2D eigenvalue weighted by molar-refractivity contribution is 0.0214. The van der Waals surface area contributed by atoms with Gasteiger partial charge in [-0.15, -0.1) is 0 Å². The molecular weight excluding hydrogens is 247 g/mol. The Balaban J connectivity index is 2.07. The van der Waals surface area contributed by atoms with Crippen LogP contribution in [-0.4, -0.2) is 37.5 Å². The Kier molecular flexibility index (Phi) is 4.72. The van der Waals surface area contributed by atoms with Crippen LogP contribution in [0, 0.1) is 17.1 Å². The quantitative estimate of drug-likeness (QED) is 0.899. The van der Waals surface area contributed by atoms with Crippen molar-refractivity contribution in [1.29, 1.82) is 5.26 Å². The van der Waals surface area contributed by atoms with E-state index < -0.39 is 0 Å². The number of benzene rings is 1. The topological polar surface area (TPSA) is 56.5 Å². The van der Waals surface area contributed by atoms with Gasteiger partial charge in [-0.05, 0) is 31.0 Å². The van der Waals surface area contributed by atoms with E-state index in [2.05, 4.69) is 0 Å². The molecule has 1 aliphatic rings. The second-order valence-corrected chi connectivity index (χ2v) is 4.58. The van der Waals surface area contributed by atoms with Crippen molar-refractivity contribution in [3.05, 3.63) is 29.6 Å². The Morgan fingerprint density at radius 1 is 1.53 bits per heavy atom. The highest BCUT2D eigenvalue weighted by Gasteiger charge is 2.22. The van der Waals surface area contributed by atoms with Gasteiger partial charge < -0.3 is 14.7 Å². The molecule has 1 saturated heterocycles. The number of rotatable bonds is 4. The zero-order valence-corrected chi connectivity index (χ0v) is 10.7. The molecule has 1 atom stereocenters. The van der Waals surface area contributed by atoms with Crippen molar-refractivity contribution in [2.24, 2.45) is 0 Å². The van der Waals surface area contributed by atoms with E-state index in [4.69, 9.17) is 15.1 Å². The zero-order chi connectivity index (χ0) is 13.7. The summed E-state index contributed by atoms with van der Waals surface area (Å²) in [4.78, 5) is 1.93. The highest BCUT2D eigenvalue weighted by atomic mass is 19.1. The maximum atomic E-state index is 13.9. The third-order valence-corrected chi connectivity index (χ3v) is 3.24. The summed E-state index contributed by atoms with van der Waals surface area (Å²) in [5.74, 6) is -0.373. The number of ether oxygens (including phenoxy) is 1. The molecule has 1 heterocycles. The molecule has 0 amide bonds. The average Bonchev–Trinajstić information content (AvgIpc) is 2.45. The molecular formula is C14H17FN2O2. The van der Waals surface area contributed by atoms with Crippen LogP contribution in [0.3, 0.4) is 0 Å². The average molecular weight is 264 g/mol. The maximum Gasteiger partial charge on any atom is 0.147 e. The van der Waals surface area contributed by atoms with Crippen LogP contribution in [-0.2, 0) is 4.74 Å². The molecule has 5 heteroatoms. The summed E-state index contributed by atoms with van der Waals surface area (Å²) < 4.78 is 19.4. The van der Waals surface area contributed by atoms with Gasteiger partial charge >= 0.3 is 0 Å². The molecule has 1 fully saturated rings. The number of nitriles is 1. The standard InChI is InChI=1S/C14H17FN2O2/c15-13-8-11(9-16)3-4-14(13)17-5-1-2-12(10-17)19-7-6-18/h3-4,8,12,18H,1-2,5-7,10H2. The predicted octanol–water partition coefficient (Wildman–Crippen LogP) is 1.68. The molecule has 0 radical (unpaired) electrons. The fraction of sp³-hybridized carbons (Fsp3) is 0.500. The predicted molar refractivity (Wildman–Crippen MR) is 69.4 cm³/mol. The number of nitrogens with zero attached hydrogens (tertiary/aromatic N) is 2. The van der Waals surface area contributed by atoms with Crippen molar-refractivity contribution in [3.8, 4) is 6.07 Å². The number of piperidine rings is 1. The summed E-state index contributed by atoms with van der Waals surface area (Å²) in [6, 6.07) is 6.44. The molecule has 0 saturated carbocycles. The largest absolute Gasteiger partial charge is 0.394 e. The molecule has 0 aliphatic carbocycles. The van der Waals surface area contributed by atoms with Gasteiger partial charge in [-0.25, -0.2) is 4.39 Å². The van der Waals surface area contributed by atoms with Crippen LogP contribution in [0.15, 0.2) is 18.2 Å². The van der Waals surface area contributed by atoms with Crippen LogP contribution < -0.4 is 4.90 Å². The Hall–Kier alpha value is -1.64. The van der Waals surface area contributed by atoms with Gasteiger partial charge in [0.05, 0.1) is 36.6 Å². The number of aliphatic hydroxyl groups is 1. The second kappa shape index (κ2) is 6.50. The van der Waals surface area contributed by atoms with E-state index in [-0.39, 0.29) is 18.5 Å². The molecule has 1 unspecified atom stereocenters. The van der Waals surface area contributed by atoms with Gasteiger partial charge in [0.1, 0.15) is 5.82 Å². The lowest BCUT2D eigenvalue weighted by atomic mass is 10.1. The number of anilines is 1. The lowest BCUT2D eigenvalue weighted by Crippen LogP contribution is -2.40. The first kappa shape index (κ1) is 13.8. The van der Waals surface area contributed by atoms with Crippen molar-refractivity contribution < 1.29 is 14.2 Å². The van der Waals surface area contributed by atoms with Crippen molar-refractivity contribution >= 4 is 5.69 Å². The van der Waals surface area contributed by atoms with Gasteiger partial charge in [0, 0.05) is 13.1 Å². The Labute approximate surface area is 112 Å². The summed E-state index contributed by atoms with van der Waals surface area (Å²) >= 11 is 0. The van der Waals surface area contributed by atoms with Gasteiger partial charge in [-0.2, -0.15) is 5.26 Å². The molecule has 102 valence electrons. The number of hydrogen-bond donors (Lipinski definition) is 1. The van der Waals surface area contributed by atoms with E-state index in [1.54, 1.807) is 12.1 Å². The summed E-state index contributed by atoms with van der Waals surface area (Å²) in [5.41, 5.74) is 0.836. The normalized spacial score (nSPS) is 19.2. The van der Waals surface area contributed by atoms with E-state index in [0.717, 1.165) is 19.4 Å². The van der Waals surface area contributed by atoms with Crippen LogP contribution in [0.5, 0.6) is 0 Å². The number of halogens is 1. The van der Waals surface area contributed by atoms with Gasteiger partial charge in [-0.3, -0.25) is 0 Å². The minimum Gasteiger partial charge on any atom is -0.394 e. The third-order valence-electron chi connectivity index (χ3n) is 3.24. The molecule has 0 bridgehead atoms. The first-order valence-electron chi connectivity index (χ1n) is 6.41. The molecule has 19 heavy (non-hydrogen) atoms. The molecule has 1 aliphatic heterocycles. The summed E-state index contributed by atoms with van der Waals surface area (Å²) in [6.07, 6.45) is 1.88. The van der Waals surface area contributed by atoms with Crippen LogP contribution in [0.4, 0.5) is 10.1 Å². The van der Waals surface area contributed by atoms with Crippen LogP contribution in [0.2, 0.25) is 0 Å². The monoisotopic (exact) mass is 264 g/mol. The molecule has 1 N–H and O–H groups in total. The smallest absolute Gasteiger partial charge is 0.147 e. The number of hydrogen-bond acceptors (Lipinski definition) is 4. The summed E-state index contributed by atoms with van der Waals surface area (Å²) in [5, 5.41) is 17.5. The van der Waals surface area contributed by atoms with Crippen LogP contribution >= 0.6 is 0 Å². The Morgan fingerprint density at radius 2 is 2.37 bits per heavy atom. The second-order valence-electron chi connectivity index (χ2n) is 4.58. The van der Waals surface area contributed by atoms with E-state index in [0.29, 0.717) is 24.4 Å². The van der Waals surface area contributed by atoms with Gasteiger partial charge in [-0.1, -0.05) is 0 Å². The summed E-state index contributed by atoms with van der Waals surface area (Å²) in [7, 11) is 0. The van der Waals surface area contributed by atoms with Crippen LogP contribution in [0.25, 0.3) is 0 Å². The highest BCUT2D eigenvalue weighted by molar-refractivity contribution is 5.51. The minimum absolute atomic E-state index is 0.00171.